The first-order valence-electron chi connectivity index (χ1n) is 3.94. The third-order valence-electron chi connectivity index (χ3n) is 1.38. The summed E-state index contributed by atoms with van der Waals surface area (Å²) >= 11 is 1.38. The minimum atomic E-state index is 0.0137. The summed E-state index contributed by atoms with van der Waals surface area (Å²) in [5.74, 6) is 0. The van der Waals surface area contributed by atoms with E-state index in [0.29, 0.717) is 5.13 Å². The minimum absolute atomic E-state index is 0.0137. The number of aromatic nitrogens is 2. The standard InChI is InChI=1S/C7H13N3OS/c1-3-4-11-5(2)6-9-10-7(8)12-6/h5H,3-4H2,1-2H3,(H2,8,10). The van der Waals surface area contributed by atoms with Crippen molar-refractivity contribution in [2.75, 3.05) is 12.3 Å². The van der Waals surface area contributed by atoms with Gasteiger partial charge in [0.15, 0.2) is 0 Å². The number of hydrogen-bond donors (Lipinski definition) is 1. The van der Waals surface area contributed by atoms with Crippen molar-refractivity contribution in [2.45, 2.75) is 26.4 Å². The second kappa shape index (κ2) is 4.37. The van der Waals surface area contributed by atoms with E-state index in [4.69, 9.17) is 10.5 Å². The largest absolute Gasteiger partial charge is 0.374 e. The van der Waals surface area contributed by atoms with Crippen molar-refractivity contribution in [3.05, 3.63) is 5.01 Å². The van der Waals surface area contributed by atoms with E-state index in [1.54, 1.807) is 0 Å². The van der Waals surface area contributed by atoms with Crippen LogP contribution in [0.25, 0.3) is 0 Å². The molecule has 68 valence electrons. The summed E-state index contributed by atoms with van der Waals surface area (Å²) in [6, 6.07) is 0. The highest BCUT2D eigenvalue weighted by Crippen LogP contribution is 2.21. The molecule has 1 atom stereocenters. The molecule has 1 heterocycles. The number of nitrogen functional groups attached to an aromatic ring is 1. The molecule has 0 aromatic carbocycles. The van der Waals surface area contributed by atoms with Crippen LogP contribution in [0, 0.1) is 0 Å². The van der Waals surface area contributed by atoms with Crippen LogP contribution in [0.1, 0.15) is 31.4 Å². The van der Waals surface area contributed by atoms with Crippen molar-refractivity contribution >= 4 is 16.5 Å². The molecule has 0 aliphatic rings. The summed E-state index contributed by atoms with van der Waals surface area (Å²) < 4.78 is 5.44. The van der Waals surface area contributed by atoms with E-state index in [1.165, 1.54) is 11.3 Å². The molecule has 0 aliphatic carbocycles. The molecule has 5 heteroatoms. The zero-order chi connectivity index (χ0) is 8.97. The monoisotopic (exact) mass is 187 g/mol. The molecule has 12 heavy (non-hydrogen) atoms. The van der Waals surface area contributed by atoms with Crippen molar-refractivity contribution in [2.24, 2.45) is 0 Å². The van der Waals surface area contributed by atoms with Crippen LogP contribution in [0.5, 0.6) is 0 Å². The van der Waals surface area contributed by atoms with Gasteiger partial charge in [0.25, 0.3) is 0 Å². The molecule has 4 nitrogen and oxygen atoms in total. The molecule has 0 saturated heterocycles. The normalized spacial score (nSPS) is 13.2. The van der Waals surface area contributed by atoms with Gasteiger partial charge in [0, 0.05) is 6.61 Å². The number of ether oxygens (including phenoxy) is 1. The van der Waals surface area contributed by atoms with E-state index in [9.17, 15) is 0 Å². The summed E-state index contributed by atoms with van der Waals surface area (Å²) in [7, 11) is 0. The van der Waals surface area contributed by atoms with Crippen LogP contribution in [0.4, 0.5) is 5.13 Å². The average Bonchev–Trinajstić information content (AvgIpc) is 2.47. The highest BCUT2D eigenvalue weighted by atomic mass is 32.1. The Labute approximate surface area is 75.8 Å². The van der Waals surface area contributed by atoms with E-state index in [-0.39, 0.29) is 6.10 Å². The molecule has 0 bridgehead atoms. The molecular weight excluding hydrogens is 174 g/mol. The summed E-state index contributed by atoms with van der Waals surface area (Å²) in [5, 5.41) is 8.94. The Morgan fingerprint density at radius 3 is 2.83 bits per heavy atom. The molecule has 0 spiro atoms. The van der Waals surface area contributed by atoms with E-state index >= 15 is 0 Å². The topological polar surface area (TPSA) is 61.0 Å². The van der Waals surface area contributed by atoms with E-state index in [1.807, 2.05) is 6.92 Å². The molecule has 0 fully saturated rings. The molecule has 2 N–H and O–H groups in total. The van der Waals surface area contributed by atoms with E-state index in [0.717, 1.165) is 18.0 Å². The summed E-state index contributed by atoms with van der Waals surface area (Å²) in [6.45, 7) is 4.78. The second-order valence-electron chi connectivity index (χ2n) is 2.49. The Bertz CT molecular complexity index is 238. The Balaban J connectivity index is 2.47. The Morgan fingerprint density at radius 1 is 1.58 bits per heavy atom. The highest BCUT2D eigenvalue weighted by Gasteiger charge is 2.10. The lowest BCUT2D eigenvalue weighted by molar-refractivity contribution is 0.0656. The Hall–Kier alpha value is -0.680. The van der Waals surface area contributed by atoms with Gasteiger partial charge < -0.3 is 10.5 Å². The third-order valence-corrected chi connectivity index (χ3v) is 2.29. The summed E-state index contributed by atoms with van der Waals surface area (Å²) in [5.41, 5.74) is 5.43. The van der Waals surface area contributed by atoms with Crippen molar-refractivity contribution in [1.82, 2.24) is 10.2 Å². The van der Waals surface area contributed by atoms with Gasteiger partial charge in [-0.05, 0) is 13.3 Å². The van der Waals surface area contributed by atoms with Gasteiger partial charge in [-0.15, -0.1) is 10.2 Å². The zero-order valence-corrected chi connectivity index (χ0v) is 8.10. The summed E-state index contributed by atoms with van der Waals surface area (Å²) in [4.78, 5) is 0. The number of nitrogens with two attached hydrogens (primary N) is 1. The lowest BCUT2D eigenvalue weighted by Gasteiger charge is -2.07. The van der Waals surface area contributed by atoms with Crippen molar-refractivity contribution in [3.63, 3.8) is 0 Å². The van der Waals surface area contributed by atoms with Crippen LogP contribution in [-0.2, 0) is 4.74 Å². The van der Waals surface area contributed by atoms with Gasteiger partial charge in [-0.2, -0.15) is 0 Å². The lowest BCUT2D eigenvalue weighted by Crippen LogP contribution is -2.00. The molecule has 1 unspecified atom stereocenters. The SMILES string of the molecule is CCCOC(C)c1nnc(N)s1. The van der Waals surface area contributed by atoms with Crippen molar-refractivity contribution in [3.8, 4) is 0 Å². The number of hydrogen-bond acceptors (Lipinski definition) is 5. The van der Waals surface area contributed by atoms with Crippen LogP contribution >= 0.6 is 11.3 Å². The predicted octanol–water partition coefficient (Wildman–Crippen LogP) is 1.61. The number of rotatable bonds is 4. The second-order valence-corrected chi connectivity index (χ2v) is 3.53. The fraction of sp³-hybridized carbons (Fsp3) is 0.714. The fourth-order valence-electron chi connectivity index (χ4n) is 0.777. The maximum atomic E-state index is 5.44. The van der Waals surface area contributed by atoms with Gasteiger partial charge in [0.05, 0.1) is 0 Å². The van der Waals surface area contributed by atoms with Crippen LogP contribution in [0.2, 0.25) is 0 Å². The molecule has 1 aromatic heterocycles. The third kappa shape index (κ3) is 2.42. The average molecular weight is 187 g/mol. The highest BCUT2D eigenvalue weighted by molar-refractivity contribution is 7.15. The first-order valence-corrected chi connectivity index (χ1v) is 4.76. The maximum absolute atomic E-state index is 5.44. The van der Waals surface area contributed by atoms with Crippen LogP contribution in [-0.4, -0.2) is 16.8 Å². The molecule has 0 saturated carbocycles. The van der Waals surface area contributed by atoms with Crippen LogP contribution in [0.15, 0.2) is 0 Å². The predicted molar refractivity (Wildman–Crippen MR) is 49.0 cm³/mol. The Morgan fingerprint density at radius 2 is 2.33 bits per heavy atom. The summed E-state index contributed by atoms with van der Waals surface area (Å²) in [6.07, 6.45) is 1.03. The van der Waals surface area contributed by atoms with Gasteiger partial charge in [0.1, 0.15) is 11.1 Å². The van der Waals surface area contributed by atoms with E-state index < -0.39 is 0 Å². The van der Waals surface area contributed by atoms with Gasteiger partial charge in [-0.25, -0.2) is 0 Å². The van der Waals surface area contributed by atoms with Gasteiger partial charge in [-0.1, -0.05) is 18.3 Å². The van der Waals surface area contributed by atoms with Crippen molar-refractivity contribution < 1.29 is 4.74 Å². The number of nitrogens with zero attached hydrogens (tertiary/aromatic N) is 2. The molecule has 0 aliphatic heterocycles. The lowest BCUT2D eigenvalue weighted by atomic mass is 10.4. The smallest absolute Gasteiger partial charge is 0.203 e. The molecule has 1 rings (SSSR count). The first-order chi connectivity index (χ1) is 5.74. The van der Waals surface area contributed by atoms with Gasteiger partial charge in [0.2, 0.25) is 5.13 Å². The van der Waals surface area contributed by atoms with Crippen LogP contribution in [0.3, 0.4) is 0 Å². The molecule has 1 aromatic rings. The first kappa shape index (κ1) is 9.41. The zero-order valence-electron chi connectivity index (χ0n) is 7.28. The van der Waals surface area contributed by atoms with Crippen LogP contribution < -0.4 is 5.73 Å². The molecular formula is C7H13N3OS. The van der Waals surface area contributed by atoms with E-state index in [2.05, 4.69) is 17.1 Å². The Kier molecular flexibility index (Phi) is 3.43. The van der Waals surface area contributed by atoms with Gasteiger partial charge in [-0.3, -0.25) is 0 Å². The maximum Gasteiger partial charge on any atom is 0.203 e. The van der Waals surface area contributed by atoms with Gasteiger partial charge >= 0.3 is 0 Å². The molecule has 0 amide bonds. The quantitative estimate of drug-likeness (QED) is 0.777. The van der Waals surface area contributed by atoms with Crippen molar-refractivity contribution in [1.29, 1.82) is 0 Å². The fourth-order valence-corrected chi connectivity index (χ4v) is 1.39. The minimum Gasteiger partial charge on any atom is -0.374 e. The number of anilines is 1. The molecule has 0 radical (unpaired) electrons.